The first-order chi connectivity index (χ1) is 28.8. The van der Waals surface area contributed by atoms with E-state index in [1.54, 1.807) is 12.4 Å². The number of pyridine rings is 1. The standard InChI is InChI=1S/C24H34N4O2.C24H33N3O2/c1-19(2)28-13-8-23(9-14-28)30-22-5-3-20(4-6-22)24(10-15-29-16-11-24)18-25-21-7-12-26-27-17-21;1-19(2)27-15-20(16-27)17-29-22-8-6-21(7-9-22)24(10-13-28-14-11-24)18-26-23-5-3-4-12-25-23/h3-7,12,17,19,23H,8-11,13-16,18H2,1-2H3,(H,25,26);3-9,12,19-20H,10-11,13-18H2,1-2H3,(H,25,26). The van der Waals surface area contributed by atoms with Crippen LogP contribution in [0.25, 0.3) is 0 Å². The molecule has 4 fully saturated rings. The van der Waals surface area contributed by atoms with E-state index in [4.69, 9.17) is 18.9 Å². The molecule has 6 heterocycles. The lowest BCUT2D eigenvalue weighted by molar-refractivity contribution is 0.0375. The van der Waals surface area contributed by atoms with Crippen LogP contribution < -0.4 is 20.1 Å². The van der Waals surface area contributed by atoms with Crippen molar-refractivity contribution in [2.45, 2.75) is 95.2 Å². The molecule has 0 atom stereocenters. The van der Waals surface area contributed by atoms with Crippen molar-refractivity contribution in [3.8, 4) is 11.5 Å². The van der Waals surface area contributed by atoms with E-state index in [2.05, 4.69) is 112 Å². The van der Waals surface area contributed by atoms with Crippen LogP contribution in [0.4, 0.5) is 11.5 Å². The third-order valence-corrected chi connectivity index (χ3v) is 13.0. The fraction of sp³-hybridized carbons (Fsp3) is 0.562. The second kappa shape index (κ2) is 20.8. The quantitative estimate of drug-likeness (QED) is 0.123. The van der Waals surface area contributed by atoms with Crippen molar-refractivity contribution in [3.63, 3.8) is 0 Å². The molecule has 2 aromatic carbocycles. The fourth-order valence-corrected chi connectivity index (χ4v) is 8.90. The Morgan fingerprint density at radius 2 is 1.27 bits per heavy atom. The predicted octanol–water partition coefficient (Wildman–Crippen LogP) is 7.85. The van der Waals surface area contributed by atoms with Crippen molar-refractivity contribution in [3.05, 3.63) is 103 Å². The van der Waals surface area contributed by atoms with Crippen molar-refractivity contribution >= 4 is 11.5 Å². The van der Waals surface area contributed by atoms with Gasteiger partial charge in [-0.2, -0.15) is 10.2 Å². The Balaban J connectivity index is 0.000000179. The first kappa shape index (κ1) is 42.8. The average molecular weight is 806 g/mol. The molecule has 11 nitrogen and oxygen atoms in total. The van der Waals surface area contributed by atoms with Crippen molar-refractivity contribution in [2.24, 2.45) is 5.92 Å². The highest BCUT2D eigenvalue weighted by Crippen LogP contribution is 2.38. The molecule has 2 aromatic heterocycles. The van der Waals surface area contributed by atoms with Crippen LogP contribution in [0.5, 0.6) is 11.5 Å². The highest BCUT2D eigenvalue weighted by molar-refractivity contribution is 5.42. The number of nitrogens with zero attached hydrogens (tertiary/aromatic N) is 5. The molecule has 4 aliphatic heterocycles. The predicted molar refractivity (Wildman–Crippen MR) is 236 cm³/mol. The summed E-state index contributed by atoms with van der Waals surface area (Å²) in [7, 11) is 0. The minimum Gasteiger partial charge on any atom is -0.493 e. The Bertz CT molecular complexity index is 1790. The molecule has 4 aromatic rings. The largest absolute Gasteiger partial charge is 0.493 e. The Hall–Kier alpha value is -4.29. The summed E-state index contributed by atoms with van der Waals surface area (Å²) >= 11 is 0. The Morgan fingerprint density at radius 3 is 1.81 bits per heavy atom. The molecule has 4 aliphatic rings. The molecule has 4 saturated heterocycles. The van der Waals surface area contributed by atoms with Gasteiger partial charge in [0.25, 0.3) is 0 Å². The van der Waals surface area contributed by atoms with Gasteiger partial charge in [-0.3, -0.25) is 0 Å². The molecule has 0 saturated carbocycles. The van der Waals surface area contributed by atoms with Gasteiger partial charge in [0.2, 0.25) is 0 Å². The third kappa shape index (κ3) is 11.7. The molecule has 0 bridgehead atoms. The van der Waals surface area contributed by atoms with Crippen molar-refractivity contribution in [2.75, 3.05) is 82.9 Å². The summed E-state index contributed by atoms with van der Waals surface area (Å²) in [6.45, 7) is 19.3. The zero-order valence-corrected chi connectivity index (χ0v) is 35.9. The van der Waals surface area contributed by atoms with Crippen LogP contribution in [-0.4, -0.2) is 115 Å². The number of anilines is 2. The summed E-state index contributed by atoms with van der Waals surface area (Å²) in [5.74, 6) is 3.53. The fourth-order valence-electron chi connectivity index (χ4n) is 8.90. The smallest absolute Gasteiger partial charge is 0.125 e. The van der Waals surface area contributed by atoms with Gasteiger partial charge in [0.1, 0.15) is 23.4 Å². The van der Waals surface area contributed by atoms with Crippen LogP contribution in [0.1, 0.15) is 77.3 Å². The van der Waals surface area contributed by atoms with Gasteiger partial charge >= 0.3 is 0 Å². The first-order valence-electron chi connectivity index (χ1n) is 22.1. The molecule has 0 spiro atoms. The number of likely N-dealkylation sites (tertiary alicyclic amines) is 2. The molecule has 0 aliphatic carbocycles. The Morgan fingerprint density at radius 1 is 0.678 bits per heavy atom. The van der Waals surface area contributed by atoms with Gasteiger partial charge in [0.15, 0.2) is 0 Å². The van der Waals surface area contributed by atoms with Gasteiger partial charge in [-0.25, -0.2) is 4.98 Å². The lowest BCUT2D eigenvalue weighted by Crippen LogP contribution is -2.52. The van der Waals surface area contributed by atoms with Gasteiger partial charge < -0.3 is 39.4 Å². The number of rotatable bonds is 15. The molecule has 2 N–H and O–H groups in total. The maximum Gasteiger partial charge on any atom is 0.125 e. The maximum absolute atomic E-state index is 6.31. The van der Waals surface area contributed by atoms with Crippen LogP contribution >= 0.6 is 0 Å². The summed E-state index contributed by atoms with van der Waals surface area (Å²) in [6.07, 6.45) is 11.9. The molecule has 318 valence electrons. The minimum atomic E-state index is 0.0582. The number of hydrogen-bond donors (Lipinski definition) is 2. The van der Waals surface area contributed by atoms with Gasteiger partial charge in [0, 0.05) is 101 Å². The van der Waals surface area contributed by atoms with E-state index in [-0.39, 0.29) is 10.8 Å². The number of nitrogens with one attached hydrogen (secondary N) is 2. The number of ether oxygens (including phenoxy) is 4. The van der Waals surface area contributed by atoms with E-state index in [1.165, 1.54) is 11.1 Å². The lowest BCUT2D eigenvalue weighted by Gasteiger charge is -2.41. The summed E-state index contributed by atoms with van der Waals surface area (Å²) in [5.41, 5.74) is 3.83. The monoisotopic (exact) mass is 806 g/mol. The molecule has 8 rings (SSSR count). The molecule has 0 amide bonds. The average Bonchev–Trinajstić information content (AvgIpc) is 3.26. The topological polar surface area (TPSA) is 106 Å². The highest BCUT2D eigenvalue weighted by atomic mass is 16.5. The second-order valence-corrected chi connectivity index (χ2v) is 17.6. The van der Waals surface area contributed by atoms with Crippen LogP contribution in [0.2, 0.25) is 0 Å². The second-order valence-electron chi connectivity index (χ2n) is 17.6. The van der Waals surface area contributed by atoms with Crippen molar-refractivity contribution in [1.29, 1.82) is 0 Å². The molecule has 0 unspecified atom stereocenters. The maximum atomic E-state index is 6.31. The summed E-state index contributed by atoms with van der Waals surface area (Å²) in [4.78, 5) is 9.42. The summed E-state index contributed by atoms with van der Waals surface area (Å²) in [5, 5.41) is 14.9. The van der Waals surface area contributed by atoms with Gasteiger partial charge in [-0.15, -0.1) is 0 Å². The molecular weight excluding hydrogens is 739 g/mol. The van der Waals surface area contributed by atoms with E-state index < -0.39 is 0 Å². The van der Waals surface area contributed by atoms with E-state index in [0.717, 1.165) is 134 Å². The zero-order chi connectivity index (χ0) is 40.9. The molecular formula is C48H67N7O4. The van der Waals surface area contributed by atoms with E-state index in [0.29, 0.717) is 24.1 Å². The van der Waals surface area contributed by atoms with Crippen molar-refractivity contribution in [1.82, 2.24) is 25.0 Å². The number of piperidine rings is 1. The SMILES string of the molecule is CC(C)N1CC(COc2ccc(C3(CNc4ccccn4)CCOCC3)cc2)C1.CC(C)N1CCC(Oc2ccc(C3(CNc4ccnnc4)CCOCC3)cc2)CC1. The van der Waals surface area contributed by atoms with Crippen LogP contribution in [-0.2, 0) is 20.3 Å². The van der Waals surface area contributed by atoms with Crippen LogP contribution in [0.3, 0.4) is 0 Å². The Labute approximate surface area is 352 Å². The van der Waals surface area contributed by atoms with Crippen LogP contribution in [0.15, 0.2) is 91.4 Å². The van der Waals surface area contributed by atoms with E-state index in [1.807, 2.05) is 30.5 Å². The summed E-state index contributed by atoms with van der Waals surface area (Å²) < 4.78 is 23.7. The summed E-state index contributed by atoms with van der Waals surface area (Å²) in [6, 6.07) is 26.7. The van der Waals surface area contributed by atoms with Gasteiger partial charge in [0.05, 0.1) is 24.7 Å². The highest BCUT2D eigenvalue weighted by Gasteiger charge is 2.36. The van der Waals surface area contributed by atoms with Crippen molar-refractivity contribution < 1.29 is 18.9 Å². The van der Waals surface area contributed by atoms with E-state index >= 15 is 0 Å². The zero-order valence-electron chi connectivity index (χ0n) is 35.9. The molecule has 11 heteroatoms. The lowest BCUT2D eigenvalue weighted by atomic mass is 9.74. The Kier molecular flexibility index (Phi) is 15.1. The number of aromatic nitrogens is 3. The number of hydrogen-bond acceptors (Lipinski definition) is 11. The van der Waals surface area contributed by atoms with Gasteiger partial charge in [-0.05, 0) is 120 Å². The number of benzene rings is 2. The normalized spacial score (nSPS) is 20.0. The molecule has 59 heavy (non-hydrogen) atoms. The van der Waals surface area contributed by atoms with E-state index in [9.17, 15) is 0 Å². The van der Waals surface area contributed by atoms with Gasteiger partial charge in [-0.1, -0.05) is 30.3 Å². The molecule has 0 radical (unpaired) electrons. The minimum absolute atomic E-state index is 0.0582. The first-order valence-corrected chi connectivity index (χ1v) is 22.1. The third-order valence-electron chi connectivity index (χ3n) is 13.0. The van der Waals surface area contributed by atoms with Crippen LogP contribution in [0, 0.1) is 5.92 Å².